The first kappa shape index (κ1) is 22.5. The van der Waals surface area contributed by atoms with Crippen molar-refractivity contribution in [3.05, 3.63) is 120 Å². The van der Waals surface area contributed by atoms with Crippen LogP contribution in [0.15, 0.2) is 103 Å². The first-order valence-electron chi connectivity index (χ1n) is 10.5. The fraction of sp³-hybridized carbons (Fsp3) is 0.0741. The minimum absolute atomic E-state index is 0.264. The molecule has 0 aromatic heterocycles. The number of hydrogen-bond acceptors (Lipinski definition) is 2. The first-order valence-corrected chi connectivity index (χ1v) is 11.6. The molecule has 1 unspecified atom stereocenters. The van der Waals surface area contributed by atoms with Crippen molar-refractivity contribution in [3.63, 3.8) is 0 Å². The highest BCUT2D eigenvalue weighted by atomic mass is 32.2. The molecule has 33 heavy (non-hydrogen) atoms. The highest BCUT2D eigenvalue weighted by molar-refractivity contribution is 7.81. The molecule has 0 saturated carbocycles. The van der Waals surface area contributed by atoms with E-state index in [0.717, 1.165) is 35.1 Å². The van der Waals surface area contributed by atoms with Gasteiger partial charge >= 0.3 is 5.97 Å². The van der Waals surface area contributed by atoms with Gasteiger partial charge in [-0.05, 0) is 71.5 Å². The number of aryl methyl sites for hydroxylation is 2. The van der Waals surface area contributed by atoms with E-state index in [1.54, 1.807) is 12.1 Å². The molecular weight excluding hydrogens is 434 g/mol. The molecule has 4 rings (SSSR count). The molecular formula is C27H23NO4S. The van der Waals surface area contributed by atoms with Crippen molar-refractivity contribution < 1.29 is 18.7 Å². The van der Waals surface area contributed by atoms with Gasteiger partial charge in [0.25, 0.3) is 11.3 Å². The summed E-state index contributed by atoms with van der Waals surface area (Å²) in [6, 6.07) is 31.9. The molecule has 4 aromatic carbocycles. The zero-order valence-corrected chi connectivity index (χ0v) is 18.6. The molecule has 0 saturated heterocycles. The van der Waals surface area contributed by atoms with Crippen LogP contribution in [0.3, 0.4) is 0 Å². The second kappa shape index (κ2) is 10.3. The van der Waals surface area contributed by atoms with Gasteiger partial charge in [0.15, 0.2) is 0 Å². The summed E-state index contributed by atoms with van der Waals surface area (Å²) in [6.45, 7) is 0. The highest BCUT2D eigenvalue weighted by Gasteiger charge is 2.16. The summed E-state index contributed by atoms with van der Waals surface area (Å²) in [5, 5.41) is 9.03. The average Bonchev–Trinajstić information content (AvgIpc) is 2.84. The van der Waals surface area contributed by atoms with Crippen LogP contribution < -0.4 is 4.31 Å². The smallest absolute Gasteiger partial charge is 0.335 e. The summed E-state index contributed by atoms with van der Waals surface area (Å²) in [5.74, 6) is -0.942. The van der Waals surface area contributed by atoms with Crippen LogP contribution in [0.25, 0.3) is 11.1 Å². The molecule has 166 valence electrons. The van der Waals surface area contributed by atoms with E-state index in [-0.39, 0.29) is 5.56 Å². The third kappa shape index (κ3) is 5.55. The van der Waals surface area contributed by atoms with Crippen molar-refractivity contribution in [1.29, 1.82) is 0 Å². The summed E-state index contributed by atoms with van der Waals surface area (Å²) in [6.07, 6.45) is 1.45. The zero-order valence-electron chi connectivity index (χ0n) is 17.8. The first-order chi connectivity index (χ1) is 16.0. The molecule has 0 bridgehead atoms. The van der Waals surface area contributed by atoms with Gasteiger partial charge in [-0.25, -0.2) is 13.3 Å². The number of benzene rings is 4. The van der Waals surface area contributed by atoms with Crippen molar-refractivity contribution in [1.82, 2.24) is 0 Å². The Labute approximate surface area is 195 Å². The van der Waals surface area contributed by atoms with Crippen molar-refractivity contribution in [2.75, 3.05) is 4.31 Å². The zero-order chi connectivity index (χ0) is 23.2. The lowest BCUT2D eigenvalue weighted by atomic mass is 10.0. The van der Waals surface area contributed by atoms with E-state index >= 15 is 0 Å². The number of carboxylic acid groups (broad SMARTS) is 1. The van der Waals surface area contributed by atoms with Gasteiger partial charge in [0.1, 0.15) is 0 Å². The van der Waals surface area contributed by atoms with Crippen LogP contribution in [0.4, 0.5) is 11.4 Å². The van der Waals surface area contributed by atoms with Crippen LogP contribution in [-0.4, -0.2) is 19.8 Å². The maximum absolute atomic E-state index is 12.2. The van der Waals surface area contributed by atoms with E-state index in [9.17, 15) is 13.6 Å². The molecule has 0 amide bonds. The second-order valence-corrected chi connectivity index (χ2v) is 8.44. The van der Waals surface area contributed by atoms with Crippen molar-refractivity contribution >= 4 is 28.6 Å². The standard InChI is InChI=1S/C27H23NO4S/c29-27(30)24-13-11-20(12-14-24)9-10-21-5-4-8-26(19-21)28(33(31)32)25-17-15-23(16-18-25)22-6-2-1-3-7-22/h1-8,11-19H,9-10H2,(H,29,30)(H,31,32). The third-order valence-electron chi connectivity index (χ3n) is 5.41. The van der Waals surface area contributed by atoms with Gasteiger partial charge in [-0.3, -0.25) is 4.55 Å². The Kier molecular flexibility index (Phi) is 6.98. The molecule has 4 aromatic rings. The number of nitrogens with zero attached hydrogens (tertiary/aromatic N) is 1. The van der Waals surface area contributed by atoms with Crippen molar-refractivity contribution in [3.8, 4) is 11.1 Å². The van der Waals surface area contributed by atoms with Gasteiger partial charge in [-0.2, -0.15) is 0 Å². The van der Waals surface area contributed by atoms with E-state index in [1.807, 2.05) is 91.0 Å². The molecule has 2 N–H and O–H groups in total. The molecule has 6 heteroatoms. The maximum atomic E-state index is 12.2. The molecule has 0 heterocycles. The van der Waals surface area contributed by atoms with Gasteiger partial charge in [0.2, 0.25) is 0 Å². The van der Waals surface area contributed by atoms with Crippen LogP contribution in [0.1, 0.15) is 21.5 Å². The number of carboxylic acids is 1. The van der Waals surface area contributed by atoms with Crippen LogP contribution in [0.2, 0.25) is 0 Å². The average molecular weight is 458 g/mol. The van der Waals surface area contributed by atoms with Crippen LogP contribution in [0.5, 0.6) is 0 Å². The predicted octanol–water partition coefficient (Wildman–Crippen LogP) is 6.11. The molecule has 0 radical (unpaired) electrons. The van der Waals surface area contributed by atoms with E-state index in [0.29, 0.717) is 11.4 Å². The van der Waals surface area contributed by atoms with Crippen LogP contribution in [-0.2, 0) is 24.1 Å². The highest BCUT2D eigenvalue weighted by Crippen LogP contribution is 2.30. The Morgan fingerprint density at radius 2 is 1.33 bits per heavy atom. The molecule has 0 spiro atoms. The molecule has 0 aliphatic heterocycles. The lowest BCUT2D eigenvalue weighted by Crippen LogP contribution is -2.19. The quantitative estimate of drug-likeness (QED) is 0.313. The Balaban J connectivity index is 1.52. The normalized spacial score (nSPS) is 11.7. The van der Waals surface area contributed by atoms with Crippen LogP contribution >= 0.6 is 0 Å². The van der Waals surface area contributed by atoms with Crippen molar-refractivity contribution in [2.45, 2.75) is 12.8 Å². The number of rotatable bonds is 8. The Morgan fingerprint density at radius 3 is 1.97 bits per heavy atom. The SMILES string of the molecule is O=C(O)c1ccc(CCc2cccc(N(c3ccc(-c4ccccc4)cc3)S(=O)O)c2)cc1. The monoisotopic (exact) mass is 457 g/mol. The van der Waals surface area contributed by atoms with E-state index < -0.39 is 17.2 Å². The molecule has 1 atom stereocenters. The fourth-order valence-electron chi connectivity index (χ4n) is 3.69. The second-order valence-electron chi connectivity index (χ2n) is 7.61. The van der Waals surface area contributed by atoms with E-state index in [4.69, 9.17) is 5.11 Å². The number of aromatic carboxylic acids is 1. The van der Waals surface area contributed by atoms with Gasteiger partial charge in [0, 0.05) is 0 Å². The molecule has 0 aliphatic carbocycles. The summed E-state index contributed by atoms with van der Waals surface area (Å²) < 4.78 is 23.6. The fourth-order valence-corrected chi connectivity index (χ4v) is 4.29. The number of anilines is 2. The third-order valence-corrected chi connectivity index (χ3v) is 6.15. The van der Waals surface area contributed by atoms with E-state index in [2.05, 4.69) is 0 Å². The minimum Gasteiger partial charge on any atom is -0.478 e. The lowest BCUT2D eigenvalue weighted by Gasteiger charge is -2.21. The summed E-state index contributed by atoms with van der Waals surface area (Å²) >= 11 is -2.23. The Bertz CT molecular complexity index is 1260. The molecule has 5 nitrogen and oxygen atoms in total. The van der Waals surface area contributed by atoms with Crippen molar-refractivity contribution in [2.24, 2.45) is 0 Å². The predicted molar refractivity (Wildman–Crippen MR) is 132 cm³/mol. The summed E-state index contributed by atoms with van der Waals surface area (Å²) in [7, 11) is 0. The minimum atomic E-state index is -2.23. The molecule has 0 fully saturated rings. The van der Waals surface area contributed by atoms with E-state index in [1.165, 1.54) is 4.31 Å². The topological polar surface area (TPSA) is 77.8 Å². The largest absolute Gasteiger partial charge is 0.478 e. The van der Waals surface area contributed by atoms with Gasteiger partial charge in [-0.15, -0.1) is 0 Å². The Morgan fingerprint density at radius 1 is 0.697 bits per heavy atom. The van der Waals surface area contributed by atoms with Gasteiger partial charge < -0.3 is 5.11 Å². The molecule has 0 aliphatic rings. The summed E-state index contributed by atoms with van der Waals surface area (Å²) in [4.78, 5) is 11.0. The maximum Gasteiger partial charge on any atom is 0.335 e. The lowest BCUT2D eigenvalue weighted by molar-refractivity contribution is 0.0697. The Hall–Kier alpha value is -3.74. The summed E-state index contributed by atoms with van der Waals surface area (Å²) in [5.41, 5.74) is 5.68. The number of hydrogen-bond donors (Lipinski definition) is 2. The van der Waals surface area contributed by atoms with Crippen LogP contribution in [0, 0.1) is 0 Å². The van der Waals surface area contributed by atoms with Gasteiger partial charge in [-0.1, -0.05) is 66.7 Å². The van der Waals surface area contributed by atoms with Gasteiger partial charge in [0.05, 0.1) is 16.9 Å². The number of carbonyl (C=O) groups is 1.